The molecule has 0 heterocycles. The molecule has 3 fully saturated rings. The molecule has 3 rings (SSSR count). The van der Waals surface area contributed by atoms with Crippen LogP contribution in [0.25, 0.3) is 0 Å². The van der Waals surface area contributed by atoms with Crippen molar-refractivity contribution >= 4 is 0 Å². The number of fused-ring (bicyclic) bond motifs is 2. The highest BCUT2D eigenvalue weighted by atomic mass is 16.5. The molecule has 0 spiro atoms. The van der Waals surface area contributed by atoms with Gasteiger partial charge in [-0.3, -0.25) is 0 Å². The predicted octanol–water partition coefficient (Wildman–Crippen LogP) is 3.52. The van der Waals surface area contributed by atoms with Crippen molar-refractivity contribution in [3.8, 4) is 0 Å². The molecule has 2 bridgehead atoms. The summed E-state index contributed by atoms with van der Waals surface area (Å²) in [6.45, 7) is 2.34. The molecule has 0 radical (unpaired) electrons. The Kier molecular flexibility index (Phi) is 2.12. The quantitative estimate of drug-likeness (QED) is 0.653. The lowest BCUT2D eigenvalue weighted by atomic mass is 9.96. The van der Waals surface area contributed by atoms with Crippen LogP contribution in [-0.2, 0) is 4.74 Å². The van der Waals surface area contributed by atoms with Crippen molar-refractivity contribution in [2.24, 2.45) is 11.8 Å². The summed E-state index contributed by atoms with van der Waals surface area (Å²) in [6.07, 6.45) is 11.8. The SMILES string of the molecule is CC1(OC2CC3CCC2C3)CCCC1. The highest BCUT2D eigenvalue weighted by Crippen LogP contribution is 2.48. The Bertz CT molecular complexity index is 217. The summed E-state index contributed by atoms with van der Waals surface area (Å²) in [5.74, 6) is 1.95. The van der Waals surface area contributed by atoms with Crippen LogP contribution in [0, 0.1) is 11.8 Å². The molecule has 0 N–H and O–H groups in total. The minimum absolute atomic E-state index is 0.259. The molecular formula is C13H22O. The van der Waals surface area contributed by atoms with Gasteiger partial charge < -0.3 is 4.74 Å². The molecule has 0 aromatic heterocycles. The van der Waals surface area contributed by atoms with Crippen molar-refractivity contribution in [3.63, 3.8) is 0 Å². The van der Waals surface area contributed by atoms with Crippen molar-refractivity contribution in [2.45, 2.75) is 70.0 Å². The molecule has 0 amide bonds. The van der Waals surface area contributed by atoms with Crippen LogP contribution in [0.3, 0.4) is 0 Å². The molecule has 3 unspecified atom stereocenters. The van der Waals surface area contributed by atoms with Crippen LogP contribution < -0.4 is 0 Å². The van der Waals surface area contributed by atoms with Crippen LogP contribution >= 0.6 is 0 Å². The van der Waals surface area contributed by atoms with Crippen LogP contribution in [0.15, 0.2) is 0 Å². The maximum atomic E-state index is 6.39. The predicted molar refractivity (Wildman–Crippen MR) is 57.2 cm³/mol. The van der Waals surface area contributed by atoms with Crippen molar-refractivity contribution in [1.29, 1.82) is 0 Å². The van der Waals surface area contributed by atoms with E-state index < -0.39 is 0 Å². The zero-order valence-corrected chi connectivity index (χ0v) is 9.30. The Hall–Kier alpha value is -0.0400. The van der Waals surface area contributed by atoms with Gasteiger partial charge in [0.2, 0.25) is 0 Å². The molecule has 0 saturated heterocycles. The second kappa shape index (κ2) is 3.23. The van der Waals surface area contributed by atoms with Gasteiger partial charge in [-0.05, 0) is 57.3 Å². The molecule has 0 aromatic carbocycles. The second-order valence-electron chi connectivity index (χ2n) is 5.99. The molecular weight excluding hydrogens is 172 g/mol. The van der Waals surface area contributed by atoms with Crippen molar-refractivity contribution in [1.82, 2.24) is 0 Å². The average molecular weight is 194 g/mol. The van der Waals surface area contributed by atoms with E-state index in [9.17, 15) is 0 Å². The summed E-state index contributed by atoms with van der Waals surface area (Å²) in [5.41, 5.74) is 0.259. The van der Waals surface area contributed by atoms with Gasteiger partial charge in [-0.1, -0.05) is 12.8 Å². The topological polar surface area (TPSA) is 9.23 Å². The zero-order valence-electron chi connectivity index (χ0n) is 9.30. The molecule has 1 heteroatoms. The summed E-state index contributed by atoms with van der Waals surface area (Å²) in [5, 5.41) is 0. The van der Waals surface area contributed by atoms with Crippen LogP contribution in [0.1, 0.15) is 58.3 Å². The molecule has 3 aliphatic carbocycles. The maximum Gasteiger partial charge on any atom is 0.0658 e. The Morgan fingerprint density at radius 2 is 1.86 bits per heavy atom. The van der Waals surface area contributed by atoms with Gasteiger partial charge in [0.05, 0.1) is 11.7 Å². The van der Waals surface area contributed by atoms with E-state index in [1.54, 1.807) is 0 Å². The van der Waals surface area contributed by atoms with E-state index in [-0.39, 0.29) is 5.60 Å². The molecule has 0 aliphatic heterocycles. The fraction of sp³-hybridized carbons (Fsp3) is 1.00. The normalized spacial score (nSPS) is 44.8. The Morgan fingerprint density at radius 1 is 1.07 bits per heavy atom. The third kappa shape index (κ3) is 1.50. The summed E-state index contributed by atoms with van der Waals surface area (Å²) in [6, 6.07) is 0. The first kappa shape index (κ1) is 9.21. The molecule has 3 aliphatic rings. The molecule has 14 heavy (non-hydrogen) atoms. The van der Waals surface area contributed by atoms with E-state index in [1.807, 2.05) is 0 Å². The van der Waals surface area contributed by atoms with Crippen LogP contribution in [0.4, 0.5) is 0 Å². The fourth-order valence-corrected chi connectivity index (χ4v) is 3.94. The van der Waals surface area contributed by atoms with Gasteiger partial charge in [-0.25, -0.2) is 0 Å². The fourth-order valence-electron chi connectivity index (χ4n) is 3.94. The first-order chi connectivity index (χ1) is 6.75. The standard InChI is InChI=1S/C13H22O/c1-13(6-2-3-7-13)14-12-9-10-4-5-11(12)8-10/h10-12H,2-9H2,1H3. The Morgan fingerprint density at radius 3 is 2.43 bits per heavy atom. The molecule has 3 atom stereocenters. The smallest absolute Gasteiger partial charge is 0.0658 e. The van der Waals surface area contributed by atoms with Crippen LogP contribution in [0.2, 0.25) is 0 Å². The van der Waals surface area contributed by atoms with E-state index in [0.29, 0.717) is 6.10 Å². The monoisotopic (exact) mass is 194 g/mol. The van der Waals surface area contributed by atoms with Gasteiger partial charge in [0.25, 0.3) is 0 Å². The summed E-state index contributed by atoms with van der Waals surface area (Å²) < 4.78 is 6.39. The van der Waals surface area contributed by atoms with E-state index in [1.165, 1.54) is 51.4 Å². The first-order valence-electron chi connectivity index (χ1n) is 6.43. The van der Waals surface area contributed by atoms with Crippen LogP contribution in [-0.4, -0.2) is 11.7 Å². The highest BCUT2D eigenvalue weighted by Gasteiger charge is 2.43. The van der Waals surface area contributed by atoms with Crippen molar-refractivity contribution in [2.75, 3.05) is 0 Å². The lowest BCUT2D eigenvalue weighted by Crippen LogP contribution is -2.33. The summed E-state index contributed by atoms with van der Waals surface area (Å²) in [7, 11) is 0. The Balaban J connectivity index is 1.62. The van der Waals surface area contributed by atoms with Crippen LogP contribution in [0.5, 0.6) is 0 Å². The lowest BCUT2D eigenvalue weighted by Gasteiger charge is -2.32. The number of hydrogen-bond acceptors (Lipinski definition) is 1. The van der Waals surface area contributed by atoms with E-state index in [0.717, 1.165) is 11.8 Å². The van der Waals surface area contributed by atoms with Gasteiger partial charge >= 0.3 is 0 Å². The maximum absolute atomic E-state index is 6.39. The van der Waals surface area contributed by atoms with Gasteiger partial charge in [-0.15, -0.1) is 0 Å². The molecule has 1 nitrogen and oxygen atoms in total. The number of ether oxygens (including phenoxy) is 1. The van der Waals surface area contributed by atoms with Gasteiger partial charge in [0, 0.05) is 0 Å². The van der Waals surface area contributed by atoms with E-state index >= 15 is 0 Å². The minimum Gasteiger partial charge on any atom is -0.372 e. The lowest BCUT2D eigenvalue weighted by molar-refractivity contribution is -0.0983. The minimum atomic E-state index is 0.259. The van der Waals surface area contributed by atoms with E-state index in [2.05, 4.69) is 6.92 Å². The van der Waals surface area contributed by atoms with Crippen molar-refractivity contribution < 1.29 is 4.74 Å². The average Bonchev–Trinajstić information content (AvgIpc) is 2.80. The van der Waals surface area contributed by atoms with Gasteiger partial charge in [-0.2, -0.15) is 0 Å². The zero-order chi connectivity index (χ0) is 9.60. The highest BCUT2D eigenvalue weighted by molar-refractivity contribution is 4.93. The molecule has 80 valence electrons. The second-order valence-corrected chi connectivity index (χ2v) is 5.99. The molecule has 3 saturated carbocycles. The summed E-state index contributed by atoms with van der Waals surface area (Å²) >= 11 is 0. The van der Waals surface area contributed by atoms with E-state index in [4.69, 9.17) is 4.74 Å². The van der Waals surface area contributed by atoms with Gasteiger partial charge in [0.1, 0.15) is 0 Å². The Labute approximate surface area is 87.2 Å². The first-order valence-corrected chi connectivity index (χ1v) is 6.43. The number of hydrogen-bond donors (Lipinski definition) is 0. The third-order valence-corrected chi connectivity index (χ3v) is 4.77. The summed E-state index contributed by atoms with van der Waals surface area (Å²) in [4.78, 5) is 0. The largest absolute Gasteiger partial charge is 0.372 e. The number of rotatable bonds is 2. The van der Waals surface area contributed by atoms with Crippen molar-refractivity contribution in [3.05, 3.63) is 0 Å². The van der Waals surface area contributed by atoms with Gasteiger partial charge in [0.15, 0.2) is 0 Å². The third-order valence-electron chi connectivity index (χ3n) is 4.77. The molecule has 0 aromatic rings.